The van der Waals surface area contributed by atoms with E-state index in [9.17, 15) is 0 Å². The Labute approximate surface area is 186 Å². The SMILES string of the molecule is CCCCCCCCCCOCC(CCCCCC)CCCCCCCCCC. The van der Waals surface area contributed by atoms with Crippen LogP contribution in [0.15, 0.2) is 0 Å². The molecule has 0 radical (unpaired) electrons. The van der Waals surface area contributed by atoms with Gasteiger partial charge in [0.15, 0.2) is 0 Å². The van der Waals surface area contributed by atoms with E-state index in [1.165, 1.54) is 141 Å². The van der Waals surface area contributed by atoms with Crippen molar-refractivity contribution in [2.45, 2.75) is 162 Å². The maximum absolute atomic E-state index is 6.12. The van der Waals surface area contributed by atoms with Crippen molar-refractivity contribution in [3.8, 4) is 0 Å². The maximum atomic E-state index is 6.12. The highest BCUT2D eigenvalue weighted by Crippen LogP contribution is 2.20. The second-order valence-electron chi connectivity index (χ2n) is 9.53. The van der Waals surface area contributed by atoms with Crippen LogP contribution in [0.25, 0.3) is 0 Å². The Morgan fingerprint density at radius 2 is 0.759 bits per heavy atom. The predicted octanol–water partition coefficient (Wildman–Crippen LogP) is 10.3. The van der Waals surface area contributed by atoms with Gasteiger partial charge in [0, 0.05) is 13.2 Å². The van der Waals surface area contributed by atoms with Crippen molar-refractivity contribution >= 4 is 0 Å². The highest BCUT2D eigenvalue weighted by atomic mass is 16.5. The topological polar surface area (TPSA) is 9.23 Å². The van der Waals surface area contributed by atoms with Gasteiger partial charge in [-0.25, -0.2) is 0 Å². The summed E-state index contributed by atoms with van der Waals surface area (Å²) in [5, 5.41) is 0. The zero-order chi connectivity index (χ0) is 21.3. The van der Waals surface area contributed by atoms with Gasteiger partial charge >= 0.3 is 0 Å². The molecule has 0 aliphatic rings. The van der Waals surface area contributed by atoms with Crippen molar-refractivity contribution < 1.29 is 4.74 Å². The van der Waals surface area contributed by atoms with Gasteiger partial charge in [-0.15, -0.1) is 0 Å². The molecule has 0 bridgehead atoms. The molecule has 0 saturated carbocycles. The molecule has 0 aromatic heterocycles. The molecule has 0 saturated heterocycles. The van der Waals surface area contributed by atoms with Crippen molar-refractivity contribution in [3.63, 3.8) is 0 Å². The third-order valence-electron chi connectivity index (χ3n) is 6.43. The minimum absolute atomic E-state index is 0.820. The van der Waals surface area contributed by atoms with Gasteiger partial charge in [0.25, 0.3) is 0 Å². The Morgan fingerprint density at radius 1 is 0.414 bits per heavy atom. The minimum Gasteiger partial charge on any atom is -0.381 e. The van der Waals surface area contributed by atoms with Gasteiger partial charge in [0.1, 0.15) is 0 Å². The summed E-state index contributed by atoms with van der Waals surface area (Å²) in [5.41, 5.74) is 0. The second-order valence-corrected chi connectivity index (χ2v) is 9.53. The predicted molar refractivity (Wildman–Crippen MR) is 133 cm³/mol. The van der Waals surface area contributed by atoms with E-state index in [4.69, 9.17) is 4.74 Å². The van der Waals surface area contributed by atoms with E-state index in [2.05, 4.69) is 20.8 Å². The average molecular weight is 411 g/mol. The Bertz CT molecular complexity index is 275. The summed E-state index contributed by atoms with van der Waals surface area (Å²) in [6.07, 6.45) is 31.0. The van der Waals surface area contributed by atoms with Gasteiger partial charge in [-0.3, -0.25) is 0 Å². The smallest absolute Gasteiger partial charge is 0.0494 e. The standard InChI is InChI=1S/C28H58O/c1-4-7-10-13-15-17-19-22-25-28(24-21-12-9-6-3)27-29-26-23-20-18-16-14-11-8-5-2/h28H,4-27H2,1-3H3. The third kappa shape index (κ3) is 24.1. The first kappa shape index (κ1) is 29.0. The van der Waals surface area contributed by atoms with Crippen LogP contribution in [-0.2, 0) is 4.74 Å². The summed E-state index contributed by atoms with van der Waals surface area (Å²) in [6.45, 7) is 8.93. The van der Waals surface area contributed by atoms with Gasteiger partial charge in [-0.2, -0.15) is 0 Å². The Balaban J connectivity index is 3.68. The molecule has 0 aromatic rings. The number of rotatable bonds is 25. The normalized spacial score (nSPS) is 12.5. The highest BCUT2D eigenvalue weighted by Gasteiger charge is 2.09. The molecular weight excluding hydrogens is 352 g/mol. The van der Waals surface area contributed by atoms with E-state index < -0.39 is 0 Å². The zero-order valence-electron chi connectivity index (χ0n) is 21.0. The highest BCUT2D eigenvalue weighted by molar-refractivity contribution is 4.61. The molecule has 0 fully saturated rings. The van der Waals surface area contributed by atoms with Crippen molar-refractivity contribution in [2.75, 3.05) is 13.2 Å². The zero-order valence-corrected chi connectivity index (χ0v) is 21.0. The fourth-order valence-electron chi connectivity index (χ4n) is 4.33. The second kappa shape index (κ2) is 26.0. The lowest BCUT2D eigenvalue weighted by Crippen LogP contribution is -2.11. The molecule has 0 rings (SSSR count). The van der Waals surface area contributed by atoms with Crippen LogP contribution in [0.4, 0.5) is 0 Å². The van der Waals surface area contributed by atoms with Gasteiger partial charge in [0.05, 0.1) is 0 Å². The monoisotopic (exact) mass is 410 g/mol. The van der Waals surface area contributed by atoms with Gasteiger partial charge < -0.3 is 4.74 Å². The summed E-state index contributed by atoms with van der Waals surface area (Å²) in [7, 11) is 0. The molecule has 0 spiro atoms. The lowest BCUT2D eigenvalue weighted by atomic mass is 9.95. The van der Waals surface area contributed by atoms with Crippen LogP contribution in [0.2, 0.25) is 0 Å². The first-order valence-corrected chi connectivity index (χ1v) is 13.9. The van der Waals surface area contributed by atoms with Crippen LogP contribution < -0.4 is 0 Å². The van der Waals surface area contributed by atoms with Crippen molar-refractivity contribution in [1.29, 1.82) is 0 Å². The average Bonchev–Trinajstić information content (AvgIpc) is 2.73. The molecule has 1 unspecified atom stereocenters. The van der Waals surface area contributed by atoms with Crippen LogP contribution >= 0.6 is 0 Å². The largest absolute Gasteiger partial charge is 0.381 e. The van der Waals surface area contributed by atoms with E-state index in [0.717, 1.165) is 19.1 Å². The quantitative estimate of drug-likeness (QED) is 0.136. The van der Waals surface area contributed by atoms with Crippen molar-refractivity contribution in [1.82, 2.24) is 0 Å². The van der Waals surface area contributed by atoms with Crippen LogP contribution in [0.1, 0.15) is 162 Å². The van der Waals surface area contributed by atoms with Crippen LogP contribution in [-0.4, -0.2) is 13.2 Å². The molecule has 0 aromatic carbocycles. The van der Waals surface area contributed by atoms with Crippen LogP contribution in [0, 0.1) is 5.92 Å². The molecule has 0 aliphatic heterocycles. The van der Waals surface area contributed by atoms with Gasteiger partial charge in [0.2, 0.25) is 0 Å². The van der Waals surface area contributed by atoms with Crippen LogP contribution in [0.5, 0.6) is 0 Å². The number of hydrogen-bond donors (Lipinski definition) is 0. The Kier molecular flexibility index (Phi) is 26.0. The first-order valence-electron chi connectivity index (χ1n) is 13.9. The molecule has 0 amide bonds. The van der Waals surface area contributed by atoms with Crippen molar-refractivity contribution in [3.05, 3.63) is 0 Å². The van der Waals surface area contributed by atoms with E-state index in [1.54, 1.807) is 0 Å². The van der Waals surface area contributed by atoms with Gasteiger partial charge in [-0.1, -0.05) is 143 Å². The fraction of sp³-hybridized carbons (Fsp3) is 1.00. The van der Waals surface area contributed by atoms with Crippen LogP contribution in [0.3, 0.4) is 0 Å². The van der Waals surface area contributed by atoms with E-state index in [1.807, 2.05) is 0 Å². The molecule has 1 nitrogen and oxygen atoms in total. The molecule has 29 heavy (non-hydrogen) atoms. The number of unbranched alkanes of at least 4 members (excludes halogenated alkanes) is 17. The summed E-state index contributed by atoms with van der Waals surface area (Å²) < 4.78 is 6.12. The maximum Gasteiger partial charge on any atom is 0.0494 e. The molecule has 0 heterocycles. The molecule has 0 aliphatic carbocycles. The lowest BCUT2D eigenvalue weighted by Gasteiger charge is -2.17. The summed E-state index contributed by atoms with van der Waals surface area (Å²) in [6, 6.07) is 0. The van der Waals surface area contributed by atoms with E-state index in [-0.39, 0.29) is 0 Å². The van der Waals surface area contributed by atoms with Gasteiger partial charge in [-0.05, 0) is 25.2 Å². The molecule has 1 atom stereocenters. The summed E-state index contributed by atoms with van der Waals surface area (Å²) >= 11 is 0. The minimum atomic E-state index is 0.820. The molecule has 0 N–H and O–H groups in total. The fourth-order valence-corrected chi connectivity index (χ4v) is 4.33. The third-order valence-corrected chi connectivity index (χ3v) is 6.43. The Hall–Kier alpha value is -0.0400. The molecule has 1 heteroatoms. The van der Waals surface area contributed by atoms with Crippen molar-refractivity contribution in [2.24, 2.45) is 5.92 Å². The number of ether oxygens (including phenoxy) is 1. The summed E-state index contributed by atoms with van der Waals surface area (Å²) in [4.78, 5) is 0. The lowest BCUT2D eigenvalue weighted by molar-refractivity contribution is 0.0878. The van der Waals surface area contributed by atoms with E-state index >= 15 is 0 Å². The Morgan fingerprint density at radius 3 is 1.21 bits per heavy atom. The van der Waals surface area contributed by atoms with E-state index in [0.29, 0.717) is 0 Å². The first-order chi connectivity index (χ1) is 14.3. The number of hydrogen-bond acceptors (Lipinski definition) is 1. The summed E-state index contributed by atoms with van der Waals surface area (Å²) in [5.74, 6) is 0.820. The molecule has 176 valence electrons. The molecular formula is C28H58O.